The van der Waals surface area contributed by atoms with E-state index in [1.165, 1.54) is 16.8 Å². The van der Waals surface area contributed by atoms with Crippen molar-refractivity contribution >= 4 is 23.5 Å². The molecule has 1 aromatic rings. The Kier molecular flexibility index (Phi) is 5.86. The molecular formula is C16H20N4O6. The Balaban J connectivity index is 2.01. The minimum absolute atomic E-state index is 0.0686. The van der Waals surface area contributed by atoms with Gasteiger partial charge in [0.15, 0.2) is 0 Å². The molecule has 10 heteroatoms. The van der Waals surface area contributed by atoms with Crippen molar-refractivity contribution in [1.82, 2.24) is 14.8 Å². The summed E-state index contributed by atoms with van der Waals surface area (Å²) in [5, 5.41) is 19.8. The molecule has 0 unspecified atom stereocenters. The summed E-state index contributed by atoms with van der Waals surface area (Å²) in [5.41, 5.74) is 0.107. The Labute approximate surface area is 149 Å². The number of nitrogens with zero attached hydrogens (tertiary/aromatic N) is 4. The van der Waals surface area contributed by atoms with Crippen LogP contribution in [0.5, 0.6) is 0 Å². The molecule has 26 heavy (non-hydrogen) atoms. The summed E-state index contributed by atoms with van der Waals surface area (Å²) in [6.07, 6.45) is 1.84. The third-order valence-corrected chi connectivity index (χ3v) is 4.43. The number of carbonyl (C=O) groups is 3. The van der Waals surface area contributed by atoms with Crippen molar-refractivity contribution in [2.45, 2.75) is 19.8 Å². The number of aromatic nitrogens is 1. The van der Waals surface area contributed by atoms with Gasteiger partial charge in [-0.05, 0) is 19.8 Å². The number of piperidine rings is 1. The second kappa shape index (κ2) is 7.89. The summed E-state index contributed by atoms with van der Waals surface area (Å²) < 4.78 is 0. The lowest BCUT2D eigenvalue weighted by molar-refractivity contribution is -0.385. The number of nitro groups is 1. The monoisotopic (exact) mass is 364 g/mol. The number of carboxylic acids is 1. The van der Waals surface area contributed by atoms with Gasteiger partial charge in [-0.25, -0.2) is 0 Å². The third-order valence-electron chi connectivity index (χ3n) is 4.43. The van der Waals surface area contributed by atoms with E-state index in [9.17, 15) is 24.5 Å². The molecule has 1 aromatic heterocycles. The lowest BCUT2D eigenvalue weighted by atomic mass is 9.97. The molecule has 2 heterocycles. The maximum atomic E-state index is 12.5. The number of amides is 2. The standard InChI is InChI=1S/C16H20N4O6/c1-10-13(7-12(8-17-10)20(25)26)15(22)18(2)9-14(21)19-5-3-11(4-6-19)16(23)24/h7-8,11H,3-6,9H2,1-2H3,(H,23,24). The molecule has 0 aliphatic carbocycles. The van der Waals surface area contributed by atoms with Crippen LogP contribution in [0.1, 0.15) is 28.9 Å². The number of aliphatic carboxylic acids is 1. The van der Waals surface area contributed by atoms with Crippen molar-refractivity contribution in [1.29, 1.82) is 0 Å². The second-order valence-electron chi connectivity index (χ2n) is 6.24. The van der Waals surface area contributed by atoms with Gasteiger partial charge in [0.25, 0.3) is 11.6 Å². The fraction of sp³-hybridized carbons (Fsp3) is 0.500. The van der Waals surface area contributed by atoms with E-state index in [4.69, 9.17) is 5.11 Å². The molecule has 1 N–H and O–H groups in total. The Morgan fingerprint density at radius 3 is 2.54 bits per heavy atom. The van der Waals surface area contributed by atoms with Crippen molar-refractivity contribution in [3.05, 3.63) is 33.6 Å². The quantitative estimate of drug-likeness (QED) is 0.600. The Bertz CT molecular complexity index is 742. The number of likely N-dealkylation sites (tertiary alicyclic amines) is 1. The fourth-order valence-electron chi connectivity index (χ4n) is 2.79. The van der Waals surface area contributed by atoms with E-state index in [1.54, 1.807) is 6.92 Å². The number of aryl methyl sites for hydroxylation is 1. The normalized spacial score (nSPS) is 14.8. The Hall–Kier alpha value is -3.04. The molecule has 0 bridgehead atoms. The van der Waals surface area contributed by atoms with Gasteiger partial charge in [-0.2, -0.15) is 0 Å². The number of hydrogen-bond acceptors (Lipinski definition) is 6. The van der Waals surface area contributed by atoms with E-state index in [1.807, 2.05) is 0 Å². The Morgan fingerprint density at radius 2 is 2.00 bits per heavy atom. The Morgan fingerprint density at radius 1 is 1.38 bits per heavy atom. The maximum absolute atomic E-state index is 12.5. The van der Waals surface area contributed by atoms with Crippen molar-refractivity contribution in [3.8, 4) is 0 Å². The highest BCUT2D eigenvalue weighted by atomic mass is 16.6. The van der Waals surface area contributed by atoms with Gasteiger partial charge >= 0.3 is 5.97 Å². The van der Waals surface area contributed by atoms with Crippen LogP contribution in [0, 0.1) is 23.0 Å². The number of hydrogen-bond donors (Lipinski definition) is 1. The van der Waals surface area contributed by atoms with Crippen LogP contribution in [-0.4, -0.2) is 69.3 Å². The second-order valence-corrected chi connectivity index (χ2v) is 6.24. The number of pyridine rings is 1. The molecule has 140 valence electrons. The van der Waals surface area contributed by atoms with Gasteiger partial charge in [0.1, 0.15) is 6.20 Å². The highest BCUT2D eigenvalue weighted by Crippen LogP contribution is 2.19. The fourth-order valence-corrected chi connectivity index (χ4v) is 2.79. The minimum Gasteiger partial charge on any atom is -0.481 e. The zero-order chi connectivity index (χ0) is 19.4. The molecule has 1 aliphatic heterocycles. The van der Waals surface area contributed by atoms with Gasteiger partial charge in [-0.15, -0.1) is 0 Å². The van der Waals surface area contributed by atoms with Crippen LogP contribution in [0.4, 0.5) is 5.69 Å². The van der Waals surface area contributed by atoms with Gasteiger partial charge in [0.2, 0.25) is 5.91 Å². The number of carboxylic acid groups (broad SMARTS) is 1. The molecule has 2 rings (SSSR count). The predicted molar refractivity (Wildman–Crippen MR) is 89.5 cm³/mol. The predicted octanol–water partition coefficient (Wildman–Crippen LogP) is 0.693. The molecule has 0 aromatic carbocycles. The minimum atomic E-state index is -0.863. The lowest BCUT2D eigenvalue weighted by Gasteiger charge is -2.31. The van der Waals surface area contributed by atoms with Gasteiger partial charge in [-0.3, -0.25) is 29.5 Å². The summed E-state index contributed by atoms with van der Waals surface area (Å²) in [4.78, 5) is 52.6. The van der Waals surface area contributed by atoms with Gasteiger partial charge in [-0.1, -0.05) is 0 Å². The van der Waals surface area contributed by atoms with E-state index in [-0.39, 0.29) is 23.7 Å². The van der Waals surface area contributed by atoms with Crippen LogP contribution in [0.15, 0.2) is 12.3 Å². The molecule has 2 amide bonds. The van der Waals surface area contributed by atoms with E-state index < -0.39 is 22.7 Å². The van der Waals surface area contributed by atoms with E-state index in [0.29, 0.717) is 31.6 Å². The molecular weight excluding hydrogens is 344 g/mol. The first kappa shape index (κ1) is 19.3. The van der Waals surface area contributed by atoms with Crippen molar-refractivity contribution in [2.75, 3.05) is 26.7 Å². The van der Waals surface area contributed by atoms with Crippen molar-refractivity contribution in [3.63, 3.8) is 0 Å². The van der Waals surface area contributed by atoms with Crippen molar-refractivity contribution in [2.24, 2.45) is 5.92 Å². The van der Waals surface area contributed by atoms with Gasteiger partial charge < -0.3 is 14.9 Å². The van der Waals surface area contributed by atoms with E-state index in [2.05, 4.69) is 4.98 Å². The zero-order valence-electron chi connectivity index (χ0n) is 14.5. The highest BCUT2D eigenvalue weighted by Gasteiger charge is 2.28. The number of rotatable bonds is 5. The molecule has 0 radical (unpaired) electrons. The largest absolute Gasteiger partial charge is 0.481 e. The van der Waals surface area contributed by atoms with Crippen LogP contribution in [-0.2, 0) is 9.59 Å². The summed E-state index contributed by atoms with van der Waals surface area (Å²) in [5.74, 6) is -2.14. The smallest absolute Gasteiger partial charge is 0.306 e. The van der Waals surface area contributed by atoms with Gasteiger partial charge in [0.05, 0.1) is 28.6 Å². The van der Waals surface area contributed by atoms with Crippen LogP contribution >= 0.6 is 0 Å². The maximum Gasteiger partial charge on any atom is 0.306 e. The zero-order valence-corrected chi connectivity index (χ0v) is 14.5. The SMILES string of the molecule is Cc1ncc([N+](=O)[O-])cc1C(=O)N(C)CC(=O)N1CCC(C(=O)O)CC1. The van der Waals surface area contributed by atoms with E-state index >= 15 is 0 Å². The third kappa shape index (κ3) is 4.32. The first-order valence-corrected chi connectivity index (χ1v) is 8.07. The van der Waals surface area contributed by atoms with Crippen LogP contribution in [0.25, 0.3) is 0 Å². The molecule has 1 saturated heterocycles. The number of carbonyl (C=O) groups excluding carboxylic acids is 2. The van der Waals surface area contributed by atoms with Gasteiger partial charge in [0, 0.05) is 26.2 Å². The average molecular weight is 364 g/mol. The topological polar surface area (TPSA) is 134 Å². The summed E-state index contributed by atoms with van der Waals surface area (Å²) in [6, 6.07) is 1.14. The summed E-state index contributed by atoms with van der Waals surface area (Å²) in [7, 11) is 1.43. The van der Waals surface area contributed by atoms with E-state index in [0.717, 1.165) is 12.3 Å². The molecule has 0 atom stereocenters. The van der Waals surface area contributed by atoms with Crippen molar-refractivity contribution < 1.29 is 24.4 Å². The lowest BCUT2D eigenvalue weighted by Crippen LogP contribution is -2.45. The average Bonchev–Trinajstić information content (AvgIpc) is 2.61. The van der Waals surface area contributed by atoms with Crippen LogP contribution in [0.2, 0.25) is 0 Å². The molecule has 0 spiro atoms. The molecule has 1 fully saturated rings. The van der Waals surface area contributed by atoms with Crippen LogP contribution in [0.3, 0.4) is 0 Å². The van der Waals surface area contributed by atoms with Crippen LogP contribution < -0.4 is 0 Å². The molecule has 0 saturated carbocycles. The molecule has 1 aliphatic rings. The summed E-state index contributed by atoms with van der Waals surface area (Å²) in [6.45, 7) is 2.02. The molecule has 10 nitrogen and oxygen atoms in total. The first-order chi connectivity index (χ1) is 12.2. The summed E-state index contributed by atoms with van der Waals surface area (Å²) >= 11 is 0. The number of likely N-dealkylation sites (N-methyl/N-ethyl adjacent to an activating group) is 1. The highest BCUT2D eigenvalue weighted by molar-refractivity contribution is 5.97. The first-order valence-electron chi connectivity index (χ1n) is 8.07.